The molecule has 0 amide bonds. The lowest BCUT2D eigenvalue weighted by Crippen LogP contribution is -2.23. The molecule has 1 atom stereocenters. The molecule has 0 aliphatic carbocycles. The molecule has 0 aliphatic heterocycles. The van der Waals surface area contributed by atoms with Crippen LogP contribution in [0.25, 0.3) is 33.5 Å². The SMILES string of the molecule is CCOc1cc(C=Nn2c(-c3cc4ccccc4o3)nc3ccccc3c2=O)cc(I)c1O[C@@H](C)C(=O)O. The summed E-state index contributed by atoms with van der Waals surface area (Å²) in [4.78, 5) is 29.5. The van der Waals surface area contributed by atoms with Gasteiger partial charge in [0.05, 0.1) is 27.3 Å². The highest BCUT2D eigenvalue weighted by Crippen LogP contribution is 2.35. The number of nitrogens with zero attached hydrogens (tertiary/aromatic N) is 3. The van der Waals surface area contributed by atoms with Crippen molar-refractivity contribution in [1.82, 2.24) is 9.66 Å². The third-order valence-electron chi connectivity index (χ3n) is 5.70. The predicted molar refractivity (Wildman–Crippen MR) is 152 cm³/mol. The molecule has 3 aromatic carbocycles. The van der Waals surface area contributed by atoms with Gasteiger partial charge in [-0.15, -0.1) is 0 Å². The van der Waals surface area contributed by atoms with E-state index in [-0.39, 0.29) is 11.4 Å². The zero-order chi connectivity index (χ0) is 26.8. The first-order valence-electron chi connectivity index (χ1n) is 11.8. The van der Waals surface area contributed by atoms with Crippen LogP contribution in [0.2, 0.25) is 0 Å². The second-order valence-corrected chi connectivity index (χ2v) is 9.49. The number of rotatable bonds is 8. The summed E-state index contributed by atoms with van der Waals surface area (Å²) < 4.78 is 19.2. The van der Waals surface area contributed by atoms with Crippen LogP contribution in [0.3, 0.4) is 0 Å². The molecule has 0 saturated carbocycles. The minimum absolute atomic E-state index is 0.260. The van der Waals surface area contributed by atoms with Gasteiger partial charge in [0.25, 0.3) is 5.56 Å². The number of hydrogen-bond acceptors (Lipinski definition) is 7. The molecule has 0 saturated heterocycles. The van der Waals surface area contributed by atoms with E-state index in [0.717, 1.165) is 5.39 Å². The Hall–Kier alpha value is -4.19. The number of aliphatic carboxylic acids is 1. The summed E-state index contributed by atoms with van der Waals surface area (Å²) in [5, 5.41) is 15.0. The van der Waals surface area contributed by atoms with Crippen LogP contribution in [0, 0.1) is 3.57 Å². The van der Waals surface area contributed by atoms with Crippen molar-refractivity contribution >= 4 is 56.6 Å². The van der Waals surface area contributed by atoms with Crippen LogP contribution in [0.4, 0.5) is 0 Å². The van der Waals surface area contributed by atoms with Gasteiger partial charge < -0.3 is 19.0 Å². The van der Waals surface area contributed by atoms with Gasteiger partial charge in [-0.2, -0.15) is 9.78 Å². The van der Waals surface area contributed by atoms with Crippen LogP contribution in [-0.4, -0.2) is 39.7 Å². The quantitative estimate of drug-likeness (QED) is 0.178. The zero-order valence-corrected chi connectivity index (χ0v) is 22.6. The fourth-order valence-electron chi connectivity index (χ4n) is 3.87. The van der Waals surface area contributed by atoms with Crippen molar-refractivity contribution in [3.05, 3.63) is 86.2 Å². The third kappa shape index (κ3) is 4.99. The summed E-state index contributed by atoms with van der Waals surface area (Å²) >= 11 is 2.05. The minimum atomic E-state index is -1.09. The molecular formula is C28H22IN3O6. The smallest absolute Gasteiger partial charge is 0.344 e. The summed E-state index contributed by atoms with van der Waals surface area (Å²) in [5.41, 5.74) is 1.46. The molecule has 1 N–H and O–H groups in total. The Balaban J connectivity index is 1.63. The fourth-order valence-corrected chi connectivity index (χ4v) is 4.63. The highest BCUT2D eigenvalue weighted by atomic mass is 127. The molecule has 5 aromatic rings. The Kier molecular flexibility index (Phi) is 7.14. The molecule has 0 unspecified atom stereocenters. The lowest BCUT2D eigenvalue weighted by molar-refractivity contribution is -0.144. The highest BCUT2D eigenvalue weighted by molar-refractivity contribution is 14.1. The topological polar surface area (TPSA) is 116 Å². The maximum atomic E-state index is 13.5. The van der Waals surface area contributed by atoms with Gasteiger partial charge in [0.2, 0.25) is 5.82 Å². The Morgan fingerprint density at radius 2 is 1.95 bits per heavy atom. The van der Waals surface area contributed by atoms with E-state index < -0.39 is 12.1 Å². The van der Waals surface area contributed by atoms with E-state index in [1.165, 1.54) is 17.8 Å². The van der Waals surface area contributed by atoms with Crippen LogP contribution in [0.15, 0.2) is 81.0 Å². The molecule has 0 spiro atoms. The molecule has 0 fully saturated rings. The molecule has 5 rings (SSSR count). The summed E-state index contributed by atoms with van der Waals surface area (Å²) in [6, 6.07) is 19.9. The standard InChI is InChI=1S/C28H22IN3O6/c1-3-36-23-13-17(12-20(29)25(23)37-16(2)28(34)35)15-30-32-26(24-14-18-8-4-7-11-22(18)38-24)31-21-10-6-5-9-19(21)27(32)33/h4-16H,3H2,1-2H3,(H,34,35)/t16-/m0/s1. The number of carboxylic acid groups (broad SMARTS) is 1. The molecule has 0 radical (unpaired) electrons. The number of carboxylic acids is 1. The fraction of sp³-hybridized carbons (Fsp3) is 0.143. The van der Waals surface area contributed by atoms with Crippen molar-refractivity contribution in [2.75, 3.05) is 6.61 Å². The lowest BCUT2D eigenvalue weighted by Gasteiger charge is -2.17. The molecule has 0 bridgehead atoms. The van der Waals surface area contributed by atoms with Gasteiger partial charge >= 0.3 is 5.97 Å². The Morgan fingerprint density at radius 3 is 2.71 bits per heavy atom. The van der Waals surface area contributed by atoms with Crippen molar-refractivity contribution < 1.29 is 23.8 Å². The van der Waals surface area contributed by atoms with E-state index in [1.807, 2.05) is 65.9 Å². The Labute approximate surface area is 230 Å². The highest BCUT2D eigenvalue weighted by Gasteiger charge is 2.20. The normalized spacial score (nSPS) is 12.3. The molecule has 2 heterocycles. The summed E-state index contributed by atoms with van der Waals surface area (Å²) in [5.74, 6) is 0.274. The van der Waals surface area contributed by atoms with Crippen LogP contribution in [0.5, 0.6) is 11.5 Å². The number of hydrogen-bond donors (Lipinski definition) is 1. The second-order valence-electron chi connectivity index (χ2n) is 8.32. The predicted octanol–water partition coefficient (Wildman–Crippen LogP) is 5.55. The second kappa shape index (κ2) is 10.7. The first kappa shape index (κ1) is 25.5. The average Bonchev–Trinajstić information content (AvgIpc) is 3.34. The lowest BCUT2D eigenvalue weighted by atomic mass is 10.2. The number of fused-ring (bicyclic) bond motifs is 2. The van der Waals surface area contributed by atoms with Gasteiger partial charge in [0.15, 0.2) is 23.4 Å². The van der Waals surface area contributed by atoms with Gasteiger partial charge in [0, 0.05) is 5.39 Å². The van der Waals surface area contributed by atoms with Crippen LogP contribution in [-0.2, 0) is 4.79 Å². The van der Waals surface area contributed by atoms with Gasteiger partial charge in [0.1, 0.15) is 5.58 Å². The van der Waals surface area contributed by atoms with E-state index in [0.29, 0.717) is 49.5 Å². The molecule has 9 nitrogen and oxygen atoms in total. The van der Waals surface area contributed by atoms with Crippen molar-refractivity contribution in [2.24, 2.45) is 5.10 Å². The Morgan fingerprint density at radius 1 is 1.18 bits per heavy atom. The monoisotopic (exact) mass is 623 g/mol. The van der Waals surface area contributed by atoms with Crippen molar-refractivity contribution in [3.8, 4) is 23.1 Å². The summed E-state index contributed by atoms with van der Waals surface area (Å²) in [6.07, 6.45) is 0.454. The zero-order valence-electron chi connectivity index (χ0n) is 20.4. The van der Waals surface area contributed by atoms with E-state index in [4.69, 9.17) is 18.9 Å². The van der Waals surface area contributed by atoms with Crippen LogP contribution >= 0.6 is 22.6 Å². The number of ether oxygens (including phenoxy) is 2. The number of carbonyl (C=O) groups is 1. The number of furan rings is 1. The number of aromatic nitrogens is 2. The van der Waals surface area contributed by atoms with Gasteiger partial charge in [-0.1, -0.05) is 30.3 Å². The molecular weight excluding hydrogens is 601 g/mol. The maximum Gasteiger partial charge on any atom is 0.344 e. The van der Waals surface area contributed by atoms with Crippen LogP contribution in [0.1, 0.15) is 19.4 Å². The van der Waals surface area contributed by atoms with E-state index in [9.17, 15) is 14.7 Å². The average molecular weight is 623 g/mol. The first-order chi connectivity index (χ1) is 18.4. The molecule has 2 aromatic heterocycles. The van der Waals surface area contributed by atoms with Gasteiger partial charge in [-0.25, -0.2) is 9.78 Å². The third-order valence-corrected chi connectivity index (χ3v) is 6.50. The first-order valence-corrected chi connectivity index (χ1v) is 12.8. The van der Waals surface area contributed by atoms with E-state index in [2.05, 4.69) is 5.10 Å². The van der Waals surface area contributed by atoms with E-state index in [1.54, 1.807) is 30.3 Å². The van der Waals surface area contributed by atoms with Gasteiger partial charge in [-0.3, -0.25) is 4.79 Å². The summed E-state index contributed by atoms with van der Waals surface area (Å²) in [7, 11) is 0. The number of benzene rings is 3. The van der Waals surface area contributed by atoms with Crippen LogP contribution < -0.4 is 15.0 Å². The molecule has 192 valence electrons. The molecule has 0 aliphatic rings. The van der Waals surface area contributed by atoms with E-state index >= 15 is 0 Å². The maximum absolute atomic E-state index is 13.5. The van der Waals surface area contributed by atoms with Gasteiger partial charge in [-0.05, 0) is 78.4 Å². The largest absolute Gasteiger partial charge is 0.490 e. The summed E-state index contributed by atoms with van der Waals surface area (Å²) in [6.45, 7) is 3.61. The Bertz CT molecular complexity index is 1720. The molecule has 38 heavy (non-hydrogen) atoms. The number of para-hydroxylation sites is 2. The van der Waals surface area contributed by atoms with Crippen molar-refractivity contribution in [3.63, 3.8) is 0 Å². The van der Waals surface area contributed by atoms with Crippen molar-refractivity contribution in [2.45, 2.75) is 20.0 Å². The van der Waals surface area contributed by atoms with Crippen molar-refractivity contribution in [1.29, 1.82) is 0 Å². The molecule has 10 heteroatoms. The number of halogens is 1. The minimum Gasteiger partial charge on any atom is -0.490 e.